The predicted octanol–water partition coefficient (Wildman–Crippen LogP) is 3.22. The fourth-order valence-electron chi connectivity index (χ4n) is 1.98. The van der Waals surface area contributed by atoms with E-state index in [4.69, 9.17) is 11.6 Å². The van der Waals surface area contributed by atoms with E-state index in [0.29, 0.717) is 12.1 Å². The lowest BCUT2D eigenvalue weighted by Gasteiger charge is -2.26. The molecule has 0 aliphatic rings. The van der Waals surface area contributed by atoms with Gasteiger partial charge in [-0.05, 0) is 24.0 Å². The largest absolute Gasteiger partial charge is 0.289 e. The third kappa shape index (κ3) is 4.15. The molecule has 0 bridgehead atoms. The van der Waals surface area contributed by atoms with Crippen LogP contribution in [0.3, 0.4) is 0 Å². The Morgan fingerprint density at radius 1 is 1.33 bits per heavy atom. The topological polar surface area (TPSA) is 80.5 Å². The Labute approximate surface area is 129 Å². The molecular weight excluding hydrogens is 316 g/mol. The summed E-state index contributed by atoms with van der Waals surface area (Å²) in [7, 11) is -2.35. The van der Waals surface area contributed by atoms with Gasteiger partial charge in [0.05, 0.1) is 9.82 Å². The van der Waals surface area contributed by atoms with Crippen molar-refractivity contribution >= 4 is 27.3 Å². The van der Waals surface area contributed by atoms with E-state index in [1.54, 1.807) is 6.92 Å². The van der Waals surface area contributed by atoms with Crippen molar-refractivity contribution in [1.29, 1.82) is 0 Å². The lowest BCUT2D eigenvalue weighted by atomic mass is 9.97. The summed E-state index contributed by atoms with van der Waals surface area (Å²) < 4.78 is 26.4. The van der Waals surface area contributed by atoms with Crippen LogP contribution in [-0.4, -0.2) is 31.2 Å². The number of nitro benzene ring substituents is 1. The molecule has 6 nitrogen and oxygen atoms in total. The van der Waals surface area contributed by atoms with Gasteiger partial charge in [0.25, 0.3) is 5.69 Å². The quantitative estimate of drug-likeness (QED) is 0.625. The molecule has 0 spiro atoms. The van der Waals surface area contributed by atoms with Gasteiger partial charge in [0.15, 0.2) is 0 Å². The van der Waals surface area contributed by atoms with Crippen molar-refractivity contribution < 1.29 is 13.3 Å². The van der Waals surface area contributed by atoms with Crippen LogP contribution in [0.25, 0.3) is 0 Å². The molecule has 8 heteroatoms. The van der Waals surface area contributed by atoms with E-state index in [1.165, 1.54) is 17.4 Å². The summed E-state index contributed by atoms with van der Waals surface area (Å²) in [5.41, 5.74) is -0.259. The van der Waals surface area contributed by atoms with Crippen molar-refractivity contribution in [1.82, 2.24) is 4.31 Å². The van der Waals surface area contributed by atoms with Gasteiger partial charge in [0, 0.05) is 19.7 Å². The van der Waals surface area contributed by atoms with E-state index in [1.807, 2.05) is 20.8 Å². The molecule has 0 radical (unpaired) electrons. The van der Waals surface area contributed by atoms with E-state index >= 15 is 0 Å². The zero-order chi connectivity index (χ0) is 16.6. The summed E-state index contributed by atoms with van der Waals surface area (Å²) in [5.74, 6) is 0. The highest BCUT2D eigenvalue weighted by molar-refractivity contribution is 7.89. The average Bonchev–Trinajstić information content (AvgIpc) is 2.25. The summed E-state index contributed by atoms with van der Waals surface area (Å²) in [6.45, 7) is 7.60. The monoisotopic (exact) mass is 334 g/mol. The molecule has 21 heavy (non-hydrogen) atoms. The molecule has 1 rings (SSSR count). The highest BCUT2D eigenvalue weighted by Crippen LogP contribution is 2.32. The summed E-state index contributed by atoms with van der Waals surface area (Å²) >= 11 is 5.78. The molecule has 1 aromatic rings. The number of nitrogens with zero attached hydrogens (tertiary/aromatic N) is 2. The minimum Gasteiger partial charge on any atom is -0.258 e. The number of hydrogen-bond acceptors (Lipinski definition) is 4. The second kappa shape index (κ2) is 5.90. The van der Waals surface area contributed by atoms with Gasteiger partial charge in [0.2, 0.25) is 10.0 Å². The summed E-state index contributed by atoms with van der Waals surface area (Å²) in [4.78, 5) is 10.1. The number of rotatable bonds is 4. The van der Waals surface area contributed by atoms with Gasteiger partial charge < -0.3 is 0 Å². The van der Waals surface area contributed by atoms with E-state index in [0.717, 1.165) is 6.07 Å². The molecule has 0 unspecified atom stereocenters. The third-order valence-electron chi connectivity index (χ3n) is 2.83. The number of halogens is 1. The number of nitro groups is 1. The summed E-state index contributed by atoms with van der Waals surface area (Å²) in [5, 5.41) is 10.8. The molecule has 0 amide bonds. The van der Waals surface area contributed by atoms with Crippen LogP contribution >= 0.6 is 11.6 Å². The van der Waals surface area contributed by atoms with Gasteiger partial charge in [0.1, 0.15) is 5.02 Å². The molecule has 0 atom stereocenters. The number of sulfonamides is 1. The molecule has 0 N–H and O–H groups in total. The molecule has 0 aliphatic heterocycles. The van der Waals surface area contributed by atoms with Gasteiger partial charge in [-0.1, -0.05) is 32.4 Å². The van der Waals surface area contributed by atoms with Gasteiger partial charge in [-0.15, -0.1) is 0 Å². The first-order chi connectivity index (χ1) is 9.36. The molecule has 0 heterocycles. The van der Waals surface area contributed by atoms with Crippen molar-refractivity contribution in [3.8, 4) is 0 Å². The van der Waals surface area contributed by atoms with E-state index in [2.05, 4.69) is 0 Å². The van der Waals surface area contributed by atoms with Crippen LogP contribution in [0.5, 0.6) is 0 Å². The zero-order valence-electron chi connectivity index (χ0n) is 12.7. The second-order valence-corrected chi connectivity index (χ2v) is 8.57. The molecule has 0 saturated carbocycles. The van der Waals surface area contributed by atoms with Gasteiger partial charge in [-0.2, -0.15) is 0 Å². The fraction of sp³-hybridized carbons (Fsp3) is 0.538. The SMILES string of the molecule is Cc1cc(Cl)c([N+](=O)[O-])cc1S(=O)(=O)N(C)CC(C)(C)C. The van der Waals surface area contributed by atoms with Crippen LogP contribution in [0.1, 0.15) is 26.3 Å². The lowest BCUT2D eigenvalue weighted by Crippen LogP contribution is -2.34. The Hall–Kier alpha value is -1.18. The van der Waals surface area contributed by atoms with E-state index in [9.17, 15) is 18.5 Å². The summed E-state index contributed by atoms with van der Waals surface area (Å²) in [6.07, 6.45) is 0. The first-order valence-electron chi connectivity index (χ1n) is 6.27. The highest BCUT2D eigenvalue weighted by atomic mass is 35.5. The standard InChI is InChI=1S/C13H19ClN2O4S/c1-9-6-10(14)11(16(17)18)7-12(9)21(19,20)15(5)8-13(2,3)4/h6-7H,8H2,1-5H3. The average molecular weight is 335 g/mol. The Bertz CT molecular complexity index is 665. The Kier molecular flexibility index (Phi) is 5.02. The normalized spacial score (nSPS) is 12.7. The van der Waals surface area contributed by atoms with Crippen LogP contribution in [-0.2, 0) is 10.0 Å². The summed E-state index contributed by atoms with van der Waals surface area (Å²) in [6, 6.07) is 2.32. The lowest BCUT2D eigenvalue weighted by molar-refractivity contribution is -0.384. The van der Waals surface area contributed by atoms with Crippen LogP contribution in [0, 0.1) is 22.5 Å². The van der Waals surface area contributed by atoms with Crippen LogP contribution in [0.4, 0.5) is 5.69 Å². The van der Waals surface area contributed by atoms with Crippen molar-refractivity contribution in [2.24, 2.45) is 5.41 Å². The second-order valence-electron chi connectivity index (χ2n) is 6.15. The van der Waals surface area contributed by atoms with Crippen molar-refractivity contribution in [3.05, 3.63) is 32.8 Å². The highest BCUT2D eigenvalue weighted by Gasteiger charge is 2.29. The number of benzene rings is 1. The molecule has 0 aromatic heterocycles. The minimum absolute atomic E-state index is 0.0741. The van der Waals surface area contributed by atoms with Crippen molar-refractivity contribution in [3.63, 3.8) is 0 Å². The van der Waals surface area contributed by atoms with Gasteiger partial charge in [-0.3, -0.25) is 10.1 Å². The third-order valence-corrected chi connectivity index (χ3v) is 5.07. The predicted molar refractivity (Wildman–Crippen MR) is 82.1 cm³/mol. The van der Waals surface area contributed by atoms with E-state index < -0.39 is 20.6 Å². The molecule has 0 saturated heterocycles. The first-order valence-corrected chi connectivity index (χ1v) is 8.09. The van der Waals surface area contributed by atoms with Gasteiger partial charge >= 0.3 is 0 Å². The fourth-order valence-corrected chi connectivity index (χ4v) is 3.89. The molecule has 0 fully saturated rings. The van der Waals surface area contributed by atoms with Crippen molar-refractivity contribution in [2.45, 2.75) is 32.6 Å². The maximum Gasteiger partial charge on any atom is 0.289 e. The van der Waals surface area contributed by atoms with E-state index in [-0.39, 0.29) is 15.3 Å². The first kappa shape index (κ1) is 17.9. The van der Waals surface area contributed by atoms with Crippen LogP contribution in [0.15, 0.2) is 17.0 Å². The number of aryl methyl sites for hydroxylation is 1. The zero-order valence-corrected chi connectivity index (χ0v) is 14.2. The maximum absolute atomic E-state index is 12.6. The molecule has 1 aromatic carbocycles. The van der Waals surface area contributed by atoms with Gasteiger partial charge in [-0.25, -0.2) is 12.7 Å². The Morgan fingerprint density at radius 3 is 2.29 bits per heavy atom. The van der Waals surface area contributed by atoms with Crippen molar-refractivity contribution in [2.75, 3.05) is 13.6 Å². The molecule has 0 aliphatic carbocycles. The molecule has 118 valence electrons. The maximum atomic E-state index is 12.6. The number of hydrogen-bond donors (Lipinski definition) is 0. The molecular formula is C13H19ClN2O4S. The Morgan fingerprint density at radius 2 is 1.86 bits per heavy atom. The Balaban J connectivity index is 3.38. The minimum atomic E-state index is -3.81. The smallest absolute Gasteiger partial charge is 0.258 e. The van der Waals surface area contributed by atoms with Crippen LogP contribution < -0.4 is 0 Å². The van der Waals surface area contributed by atoms with Crippen LogP contribution in [0.2, 0.25) is 5.02 Å².